The summed E-state index contributed by atoms with van der Waals surface area (Å²) in [6.45, 7) is 2.07. The van der Waals surface area contributed by atoms with Crippen molar-refractivity contribution in [2.75, 3.05) is 0 Å². The quantitative estimate of drug-likeness (QED) is 0.332. The molecule has 0 heterocycles. The predicted molar refractivity (Wildman–Crippen MR) is 129 cm³/mol. The van der Waals surface area contributed by atoms with Crippen LogP contribution in [0, 0.1) is 0 Å². The van der Waals surface area contributed by atoms with Gasteiger partial charge in [-0.25, -0.2) is 19.2 Å². The van der Waals surface area contributed by atoms with Crippen LogP contribution in [0.25, 0.3) is 0 Å². The molecule has 3 aromatic rings. The fourth-order valence-electron chi connectivity index (χ4n) is 3.57. The average molecular weight is 478 g/mol. The molecular formula is C27H26O8. The molecule has 0 spiro atoms. The van der Waals surface area contributed by atoms with Crippen LogP contribution in [0.3, 0.4) is 0 Å². The molecule has 0 aliphatic rings. The van der Waals surface area contributed by atoms with E-state index in [0.29, 0.717) is 12.0 Å². The number of aryl methyl sites for hydroxylation is 1. The fraction of sp³-hybridized carbons (Fsp3) is 0.185. The summed E-state index contributed by atoms with van der Waals surface area (Å²) < 4.78 is 0. The Morgan fingerprint density at radius 2 is 1.14 bits per heavy atom. The molecule has 3 rings (SSSR count). The minimum atomic E-state index is -1.23. The molecule has 0 saturated carbocycles. The van der Waals surface area contributed by atoms with Gasteiger partial charge >= 0.3 is 23.9 Å². The molecule has 0 aliphatic heterocycles. The zero-order valence-electron chi connectivity index (χ0n) is 19.1. The van der Waals surface area contributed by atoms with Crippen molar-refractivity contribution in [1.82, 2.24) is 0 Å². The maximum Gasteiger partial charge on any atom is 0.336 e. The van der Waals surface area contributed by atoms with E-state index in [2.05, 4.69) is 6.92 Å². The average Bonchev–Trinajstić information content (AvgIpc) is 2.83. The topological polar surface area (TPSA) is 149 Å². The molecule has 3 aromatic carbocycles. The van der Waals surface area contributed by atoms with E-state index in [4.69, 9.17) is 10.2 Å². The van der Waals surface area contributed by atoms with E-state index >= 15 is 0 Å². The van der Waals surface area contributed by atoms with Gasteiger partial charge in [-0.15, -0.1) is 0 Å². The van der Waals surface area contributed by atoms with Crippen molar-refractivity contribution in [3.63, 3.8) is 0 Å². The number of carboxylic acid groups (broad SMARTS) is 4. The number of hydrogen-bond donors (Lipinski definition) is 4. The normalized spacial score (nSPS) is 10.1. The standard InChI is InChI=1S/C19H20O4.C8H6O4/c1-2-3-9-14-10-11-15(18(20)21)17(19(22)23)16(14)12-13-7-5-4-6-8-13;9-7(10)5-3-1-2-4-6(5)8(11)12/h4-8,10-11H,2-3,9,12H2,1H3,(H,20,21)(H,22,23);1-4H,(H,9,10)(H,11,12). The number of carbonyl (C=O) groups is 4. The highest BCUT2D eigenvalue weighted by molar-refractivity contribution is 6.03. The molecule has 0 aliphatic carbocycles. The van der Waals surface area contributed by atoms with Gasteiger partial charge in [0.1, 0.15) is 0 Å². The molecule has 35 heavy (non-hydrogen) atoms. The minimum Gasteiger partial charge on any atom is -0.478 e. The molecule has 0 saturated heterocycles. The monoisotopic (exact) mass is 478 g/mol. The second-order valence-corrected chi connectivity index (χ2v) is 7.66. The lowest BCUT2D eigenvalue weighted by molar-refractivity contribution is 0.0650. The van der Waals surface area contributed by atoms with Gasteiger partial charge in [0, 0.05) is 0 Å². The first-order valence-electron chi connectivity index (χ1n) is 10.9. The highest BCUT2D eigenvalue weighted by Crippen LogP contribution is 2.25. The number of unbranched alkanes of at least 4 members (excludes halogenated alkanes) is 1. The first-order valence-corrected chi connectivity index (χ1v) is 10.9. The lowest BCUT2D eigenvalue weighted by atomic mass is 9.89. The first-order chi connectivity index (χ1) is 16.7. The molecule has 8 heteroatoms. The van der Waals surface area contributed by atoms with Crippen LogP contribution in [-0.4, -0.2) is 44.3 Å². The third-order valence-electron chi connectivity index (χ3n) is 5.27. The van der Waals surface area contributed by atoms with E-state index in [1.807, 2.05) is 30.3 Å². The van der Waals surface area contributed by atoms with Crippen molar-refractivity contribution < 1.29 is 39.6 Å². The summed E-state index contributed by atoms with van der Waals surface area (Å²) >= 11 is 0. The Morgan fingerprint density at radius 3 is 1.60 bits per heavy atom. The van der Waals surface area contributed by atoms with Gasteiger partial charge < -0.3 is 20.4 Å². The minimum absolute atomic E-state index is 0.0880. The van der Waals surface area contributed by atoms with Crippen molar-refractivity contribution in [2.24, 2.45) is 0 Å². The number of hydrogen-bond acceptors (Lipinski definition) is 4. The number of rotatable bonds is 9. The van der Waals surface area contributed by atoms with Crippen LogP contribution in [0.5, 0.6) is 0 Å². The highest BCUT2D eigenvalue weighted by Gasteiger charge is 2.22. The largest absolute Gasteiger partial charge is 0.478 e. The van der Waals surface area contributed by atoms with Gasteiger partial charge in [-0.1, -0.05) is 61.9 Å². The third kappa shape index (κ3) is 7.26. The summed E-state index contributed by atoms with van der Waals surface area (Å²) in [5.74, 6) is -4.86. The maximum atomic E-state index is 11.7. The molecule has 8 nitrogen and oxygen atoms in total. The Balaban J connectivity index is 0.000000303. The summed E-state index contributed by atoms with van der Waals surface area (Å²) in [5.41, 5.74) is 1.87. The van der Waals surface area contributed by atoms with Crippen LogP contribution in [-0.2, 0) is 12.8 Å². The smallest absolute Gasteiger partial charge is 0.336 e. The van der Waals surface area contributed by atoms with E-state index in [1.54, 1.807) is 6.07 Å². The maximum absolute atomic E-state index is 11.7. The highest BCUT2D eigenvalue weighted by atomic mass is 16.4. The van der Waals surface area contributed by atoms with Crippen molar-refractivity contribution >= 4 is 23.9 Å². The number of carboxylic acids is 4. The molecule has 182 valence electrons. The first kappa shape index (κ1) is 26.8. The van der Waals surface area contributed by atoms with E-state index in [0.717, 1.165) is 30.4 Å². The van der Waals surface area contributed by atoms with E-state index in [-0.39, 0.29) is 22.3 Å². The predicted octanol–water partition coefficient (Wildman–Crippen LogP) is 5.10. The Morgan fingerprint density at radius 1 is 0.629 bits per heavy atom. The number of benzene rings is 3. The van der Waals surface area contributed by atoms with Crippen LogP contribution in [0.15, 0.2) is 66.7 Å². The van der Waals surface area contributed by atoms with Gasteiger partial charge in [-0.05, 0) is 54.2 Å². The van der Waals surface area contributed by atoms with Crippen molar-refractivity contribution in [3.05, 3.63) is 106 Å². The number of aromatic carboxylic acids is 4. The van der Waals surface area contributed by atoms with Crippen molar-refractivity contribution in [3.8, 4) is 0 Å². The van der Waals surface area contributed by atoms with E-state index in [9.17, 15) is 29.4 Å². The molecule has 0 amide bonds. The Labute approximate surface area is 202 Å². The Bertz CT molecular complexity index is 1180. The summed E-state index contributed by atoms with van der Waals surface area (Å²) in [5, 5.41) is 36.0. The van der Waals surface area contributed by atoms with Crippen LogP contribution in [0.4, 0.5) is 0 Å². The van der Waals surface area contributed by atoms with Gasteiger partial charge in [0.15, 0.2) is 0 Å². The SMILES string of the molecule is CCCCc1ccc(C(=O)O)c(C(=O)O)c1Cc1ccccc1.O=C(O)c1ccccc1C(=O)O. The third-order valence-corrected chi connectivity index (χ3v) is 5.27. The second-order valence-electron chi connectivity index (χ2n) is 7.66. The van der Waals surface area contributed by atoms with Crippen LogP contribution in [0.2, 0.25) is 0 Å². The van der Waals surface area contributed by atoms with Gasteiger partial charge in [0.05, 0.1) is 22.3 Å². The summed E-state index contributed by atoms with van der Waals surface area (Å²) in [6.07, 6.45) is 3.10. The molecule has 0 atom stereocenters. The molecule has 0 bridgehead atoms. The molecule has 0 radical (unpaired) electrons. The summed E-state index contributed by atoms with van der Waals surface area (Å²) in [7, 11) is 0. The van der Waals surface area contributed by atoms with Crippen LogP contribution >= 0.6 is 0 Å². The van der Waals surface area contributed by atoms with Crippen LogP contribution in [0.1, 0.15) is 77.9 Å². The Hall–Kier alpha value is -4.46. The lowest BCUT2D eigenvalue weighted by Gasteiger charge is -2.15. The van der Waals surface area contributed by atoms with Gasteiger partial charge in [-0.3, -0.25) is 0 Å². The summed E-state index contributed by atoms with van der Waals surface area (Å²) in [6, 6.07) is 18.2. The zero-order valence-corrected chi connectivity index (χ0v) is 19.1. The van der Waals surface area contributed by atoms with Gasteiger partial charge in [0.25, 0.3) is 0 Å². The molecular weight excluding hydrogens is 452 g/mol. The second kappa shape index (κ2) is 12.7. The molecule has 0 fully saturated rings. The summed E-state index contributed by atoms with van der Waals surface area (Å²) in [4.78, 5) is 44.0. The molecule has 0 unspecified atom stereocenters. The van der Waals surface area contributed by atoms with Crippen molar-refractivity contribution in [1.29, 1.82) is 0 Å². The van der Waals surface area contributed by atoms with E-state index in [1.165, 1.54) is 30.3 Å². The lowest BCUT2D eigenvalue weighted by Crippen LogP contribution is -2.14. The fourth-order valence-corrected chi connectivity index (χ4v) is 3.57. The van der Waals surface area contributed by atoms with E-state index < -0.39 is 23.9 Å². The van der Waals surface area contributed by atoms with Gasteiger partial charge in [-0.2, -0.15) is 0 Å². The van der Waals surface area contributed by atoms with Crippen LogP contribution < -0.4 is 0 Å². The van der Waals surface area contributed by atoms with Crippen molar-refractivity contribution in [2.45, 2.75) is 32.6 Å². The Kier molecular flexibility index (Phi) is 9.71. The molecule has 0 aromatic heterocycles. The van der Waals surface area contributed by atoms with Gasteiger partial charge in [0.2, 0.25) is 0 Å². The zero-order chi connectivity index (χ0) is 26.0. The molecule has 4 N–H and O–H groups in total.